The smallest absolute Gasteiger partial charge is 0.233 e. The molecule has 0 atom stereocenters. The SMILES string of the molecule is CCc1cnc(-c2cccc(N(CC34CCC(c5noc(C(C)(C)C)n5)(CC3)CC4)C(=O)C34CC(F)(C3)C4)c2)nc1. The van der Waals surface area contributed by atoms with Crippen molar-refractivity contribution in [2.75, 3.05) is 11.4 Å². The largest absolute Gasteiger partial charge is 0.339 e. The molecule has 3 aromatic rings. The molecule has 6 saturated carbocycles. The van der Waals surface area contributed by atoms with Crippen molar-refractivity contribution >= 4 is 11.6 Å². The summed E-state index contributed by atoms with van der Waals surface area (Å²) in [6, 6.07) is 8.03. The third kappa shape index (κ3) is 4.31. The van der Waals surface area contributed by atoms with E-state index in [0.29, 0.717) is 37.5 Å². The molecular weight excluding hydrogens is 517 g/mol. The number of amides is 1. The zero-order valence-electron chi connectivity index (χ0n) is 24.7. The fraction of sp³-hybridized carbons (Fsp3) is 0.606. The standard InChI is InChI=1S/C33H40FN5O2/c1-5-22-16-35-25(36-17-22)23-7-6-8-24(15-23)39(28(40)32-18-33(34,19-32)20-32)21-30-9-12-31(13-10-30,14-11-30)26-37-27(41-38-26)29(2,3)4/h6-8,15-17H,5,9-14,18-21H2,1-4H3. The van der Waals surface area contributed by atoms with Crippen molar-refractivity contribution in [1.29, 1.82) is 0 Å². The van der Waals surface area contributed by atoms with E-state index in [2.05, 4.69) is 42.8 Å². The number of anilines is 1. The number of rotatable bonds is 7. The van der Waals surface area contributed by atoms with E-state index in [1.54, 1.807) is 0 Å². The van der Waals surface area contributed by atoms with Crippen LogP contribution >= 0.6 is 0 Å². The Morgan fingerprint density at radius 3 is 2.24 bits per heavy atom. The molecule has 9 rings (SSSR count). The third-order valence-electron chi connectivity index (χ3n) is 10.6. The highest BCUT2D eigenvalue weighted by Gasteiger charge is 2.73. The highest BCUT2D eigenvalue weighted by atomic mass is 19.1. The van der Waals surface area contributed by atoms with E-state index < -0.39 is 11.1 Å². The molecule has 0 radical (unpaired) electrons. The lowest BCUT2D eigenvalue weighted by Gasteiger charge is -2.65. The summed E-state index contributed by atoms with van der Waals surface area (Å²) in [5.41, 5.74) is 0.985. The number of hydrogen-bond donors (Lipinski definition) is 0. The Morgan fingerprint density at radius 2 is 1.68 bits per heavy atom. The molecule has 216 valence electrons. The van der Waals surface area contributed by atoms with E-state index in [-0.39, 0.29) is 22.2 Å². The van der Waals surface area contributed by atoms with Crippen molar-refractivity contribution in [3.05, 3.63) is 53.9 Å². The van der Waals surface area contributed by atoms with Crippen LogP contribution in [0.1, 0.15) is 103 Å². The van der Waals surface area contributed by atoms with Crippen molar-refractivity contribution in [3.8, 4) is 11.4 Å². The van der Waals surface area contributed by atoms with Gasteiger partial charge in [0.25, 0.3) is 0 Å². The normalized spacial score (nSPS) is 31.8. The number of hydrogen-bond acceptors (Lipinski definition) is 6. The van der Waals surface area contributed by atoms with Crippen LogP contribution in [-0.2, 0) is 22.0 Å². The van der Waals surface area contributed by atoms with E-state index in [0.717, 1.165) is 67.6 Å². The van der Waals surface area contributed by atoms with Gasteiger partial charge < -0.3 is 9.42 Å². The maximum absolute atomic E-state index is 14.6. The third-order valence-corrected chi connectivity index (χ3v) is 10.6. The second kappa shape index (κ2) is 8.92. The average Bonchev–Trinajstić information content (AvgIpc) is 3.47. The molecule has 0 spiro atoms. The van der Waals surface area contributed by atoms with Crippen molar-refractivity contribution < 1.29 is 13.7 Å². The van der Waals surface area contributed by atoms with Gasteiger partial charge >= 0.3 is 0 Å². The molecule has 8 heteroatoms. The molecule has 41 heavy (non-hydrogen) atoms. The number of aromatic nitrogens is 4. The molecule has 1 aromatic carbocycles. The van der Waals surface area contributed by atoms with Gasteiger partial charge in [-0.15, -0.1) is 0 Å². The van der Waals surface area contributed by atoms with Crippen molar-refractivity contribution in [1.82, 2.24) is 20.1 Å². The molecule has 6 aliphatic rings. The minimum absolute atomic E-state index is 0.0280. The van der Waals surface area contributed by atoms with Crippen LogP contribution in [-0.4, -0.2) is 38.2 Å². The first kappa shape index (κ1) is 26.7. The van der Waals surface area contributed by atoms with Crippen LogP contribution < -0.4 is 4.90 Å². The summed E-state index contributed by atoms with van der Waals surface area (Å²) in [7, 11) is 0. The Morgan fingerprint density at radius 1 is 1.02 bits per heavy atom. The topological polar surface area (TPSA) is 85.0 Å². The van der Waals surface area contributed by atoms with E-state index in [9.17, 15) is 9.18 Å². The van der Waals surface area contributed by atoms with Gasteiger partial charge in [-0.3, -0.25) is 4.79 Å². The van der Waals surface area contributed by atoms with Crippen LogP contribution in [0.3, 0.4) is 0 Å². The lowest BCUT2D eigenvalue weighted by atomic mass is 9.41. The number of carbonyl (C=O) groups excluding carboxylic acids is 1. The molecule has 0 N–H and O–H groups in total. The summed E-state index contributed by atoms with van der Waals surface area (Å²) in [6.45, 7) is 9.02. The fourth-order valence-electron chi connectivity index (χ4n) is 7.87. The summed E-state index contributed by atoms with van der Waals surface area (Å²) in [4.78, 5) is 30.2. The van der Waals surface area contributed by atoms with Gasteiger partial charge in [-0.2, -0.15) is 4.98 Å². The molecule has 6 aliphatic carbocycles. The first-order chi connectivity index (χ1) is 19.5. The van der Waals surface area contributed by atoms with Crippen molar-refractivity contribution in [3.63, 3.8) is 0 Å². The zero-order chi connectivity index (χ0) is 28.7. The fourth-order valence-corrected chi connectivity index (χ4v) is 7.87. The summed E-state index contributed by atoms with van der Waals surface area (Å²) >= 11 is 0. The predicted molar refractivity (Wildman–Crippen MR) is 154 cm³/mol. The Labute approximate surface area is 241 Å². The minimum atomic E-state index is -1.12. The first-order valence-corrected chi connectivity index (χ1v) is 15.2. The maximum atomic E-state index is 14.6. The van der Waals surface area contributed by atoms with Gasteiger partial charge in [0.2, 0.25) is 11.8 Å². The van der Waals surface area contributed by atoms with Crippen molar-refractivity contribution in [2.45, 2.75) is 108 Å². The number of nitrogens with zero attached hydrogens (tertiary/aromatic N) is 5. The van der Waals surface area contributed by atoms with Crippen LogP contribution in [0, 0.1) is 10.8 Å². The second-order valence-corrected chi connectivity index (χ2v) is 14.6. The van der Waals surface area contributed by atoms with E-state index >= 15 is 0 Å². The predicted octanol–water partition coefficient (Wildman–Crippen LogP) is 6.90. The van der Waals surface area contributed by atoms with Crippen LogP contribution in [0.5, 0.6) is 0 Å². The number of alkyl halides is 1. The van der Waals surface area contributed by atoms with Gasteiger partial charge in [-0.05, 0) is 87.3 Å². The Kier molecular flexibility index (Phi) is 5.81. The Hall–Kier alpha value is -3.16. The van der Waals surface area contributed by atoms with E-state index in [4.69, 9.17) is 9.51 Å². The molecule has 2 heterocycles. The minimum Gasteiger partial charge on any atom is -0.339 e. The summed E-state index contributed by atoms with van der Waals surface area (Å²) in [6.07, 6.45) is 11.7. The lowest BCUT2D eigenvalue weighted by Crippen LogP contribution is -2.71. The van der Waals surface area contributed by atoms with Gasteiger partial charge in [-0.1, -0.05) is 45.0 Å². The van der Waals surface area contributed by atoms with Crippen LogP contribution in [0.4, 0.5) is 10.1 Å². The van der Waals surface area contributed by atoms with Gasteiger partial charge in [0.05, 0.1) is 5.41 Å². The molecule has 4 bridgehead atoms. The molecular formula is C33H40FN5O2. The zero-order valence-corrected chi connectivity index (χ0v) is 24.7. The van der Waals surface area contributed by atoms with Gasteiger partial charge in [0.15, 0.2) is 11.6 Å². The van der Waals surface area contributed by atoms with Gasteiger partial charge in [0, 0.05) is 41.0 Å². The second-order valence-electron chi connectivity index (χ2n) is 14.6. The number of halogens is 1. The molecule has 7 nitrogen and oxygen atoms in total. The molecule has 0 aliphatic heterocycles. The van der Waals surface area contributed by atoms with Crippen molar-refractivity contribution in [2.24, 2.45) is 10.8 Å². The Bertz CT molecular complexity index is 1450. The number of aryl methyl sites for hydroxylation is 1. The molecule has 1 amide bonds. The van der Waals surface area contributed by atoms with Gasteiger partial charge in [-0.25, -0.2) is 14.4 Å². The number of benzene rings is 1. The molecule has 6 fully saturated rings. The summed E-state index contributed by atoms with van der Waals surface area (Å²) in [5.74, 6) is 2.28. The van der Waals surface area contributed by atoms with Gasteiger partial charge in [0.1, 0.15) is 5.67 Å². The van der Waals surface area contributed by atoms with E-state index in [1.165, 1.54) is 0 Å². The average molecular weight is 558 g/mol. The van der Waals surface area contributed by atoms with E-state index in [1.807, 2.05) is 41.6 Å². The summed E-state index contributed by atoms with van der Waals surface area (Å²) < 4.78 is 20.2. The monoisotopic (exact) mass is 557 g/mol. The number of fused-ring (bicyclic) bond motifs is 3. The molecule has 0 saturated heterocycles. The number of carbonyl (C=O) groups is 1. The highest BCUT2D eigenvalue weighted by Crippen LogP contribution is 2.70. The maximum Gasteiger partial charge on any atom is 0.233 e. The summed E-state index contributed by atoms with van der Waals surface area (Å²) in [5, 5.41) is 4.45. The molecule has 2 aromatic heterocycles. The quantitative estimate of drug-likeness (QED) is 0.314. The Balaban J connectivity index is 1.16. The van der Waals surface area contributed by atoms with Crippen LogP contribution in [0.2, 0.25) is 0 Å². The van der Waals surface area contributed by atoms with Crippen LogP contribution in [0.25, 0.3) is 11.4 Å². The first-order valence-electron chi connectivity index (χ1n) is 15.2. The lowest BCUT2D eigenvalue weighted by molar-refractivity contribution is -0.211. The van der Waals surface area contributed by atoms with Crippen LogP contribution in [0.15, 0.2) is 41.2 Å². The molecule has 0 unspecified atom stereocenters. The highest BCUT2D eigenvalue weighted by molar-refractivity contribution is 6.00.